The third-order valence-electron chi connectivity index (χ3n) is 2.86. The van der Waals surface area contributed by atoms with Crippen molar-refractivity contribution in [2.45, 2.75) is 20.0 Å². The lowest BCUT2D eigenvalue weighted by Gasteiger charge is -2.12. The Morgan fingerprint density at radius 3 is 2.83 bits per heavy atom. The normalized spacial score (nSPS) is 10.9. The Labute approximate surface area is 117 Å². The van der Waals surface area contributed by atoms with E-state index in [9.17, 15) is 0 Å². The van der Waals surface area contributed by atoms with Crippen LogP contribution in [-0.2, 0) is 13.1 Å². The van der Waals surface area contributed by atoms with Crippen molar-refractivity contribution in [2.75, 3.05) is 7.05 Å². The lowest BCUT2D eigenvalue weighted by atomic mass is 10.2. The number of nitrogens with zero attached hydrogens (tertiary/aromatic N) is 2. The molecule has 1 aromatic heterocycles. The van der Waals surface area contributed by atoms with E-state index in [0.29, 0.717) is 16.6 Å². The Morgan fingerprint density at radius 2 is 2.11 bits per heavy atom. The van der Waals surface area contributed by atoms with Crippen LogP contribution in [0.1, 0.15) is 17.1 Å². The highest BCUT2D eigenvalue weighted by Gasteiger charge is 2.10. The van der Waals surface area contributed by atoms with Crippen molar-refractivity contribution in [1.82, 2.24) is 14.9 Å². The van der Waals surface area contributed by atoms with Crippen LogP contribution in [0.5, 0.6) is 0 Å². The second kappa shape index (κ2) is 5.74. The number of imidazole rings is 1. The number of nitrogens with one attached hydrogen (secondary N) is 1. The van der Waals surface area contributed by atoms with Crippen LogP contribution in [0.25, 0.3) is 0 Å². The van der Waals surface area contributed by atoms with E-state index in [4.69, 9.17) is 23.2 Å². The van der Waals surface area contributed by atoms with Gasteiger partial charge in [-0.05, 0) is 25.6 Å². The Bertz CT molecular complexity index is 549. The summed E-state index contributed by atoms with van der Waals surface area (Å²) in [5.74, 6) is 0.969. The van der Waals surface area contributed by atoms with Gasteiger partial charge in [0, 0.05) is 12.7 Å². The molecule has 3 nitrogen and oxygen atoms in total. The van der Waals surface area contributed by atoms with Crippen molar-refractivity contribution in [2.24, 2.45) is 0 Å². The van der Waals surface area contributed by atoms with Gasteiger partial charge in [0.05, 0.1) is 22.3 Å². The Balaban J connectivity index is 2.33. The van der Waals surface area contributed by atoms with E-state index < -0.39 is 0 Å². The van der Waals surface area contributed by atoms with Crippen LogP contribution < -0.4 is 5.32 Å². The zero-order valence-corrected chi connectivity index (χ0v) is 11.9. The fourth-order valence-corrected chi connectivity index (χ4v) is 2.27. The second-order valence-electron chi connectivity index (χ2n) is 4.13. The minimum atomic E-state index is 0.585. The Hall–Kier alpha value is -1.03. The largest absolute Gasteiger partial charge is 0.327 e. The first-order chi connectivity index (χ1) is 8.63. The summed E-state index contributed by atoms with van der Waals surface area (Å²) in [5.41, 5.74) is 2.13. The third-order valence-corrected chi connectivity index (χ3v) is 3.71. The predicted molar refractivity (Wildman–Crippen MR) is 75.3 cm³/mol. The molecule has 0 atom stereocenters. The topological polar surface area (TPSA) is 29.9 Å². The highest BCUT2D eigenvalue weighted by molar-refractivity contribution is 6.42. The summed E-state index contributed by atoms with van der Waals surface area (Å²) in [6.45, 7) is 3.44. The molecule has 0 aliphatic carbocycles. The maximum Gasteiger partial charge on any atom is 0.106 e. The fraction of sp³-hybridized carbons (Fsp3) is 0.308. The molecule has 0 unspecified atom stereocenters. The summed E-state index contributed by atoms with van der Waals surface area (Å²) < 4.78 is 2.13. The van der Waals surface area contributed by atoms with Gasteiger partial charge >= 0.3 is 0 Å². The molecule has 96 valence electrons. The summed E-state index contributed by atoms with van der Waals surface area (Å²) in [4.78, 5) is 4.33. The molecular formula is C13H15Cl2N3. The lowest BCUT2D eigenvalue weighted by Crippen LogP contribution is -2.13. The van der Waals surface area contributed by atoms with Gasteiger partial charge in [0.15, 0.2) is 0 Å². The highest BCUT2D eigenvalue weighted by atomic mass is 35.5. The molecule has 18 heavy (non-hydrogen) atoms. The number of halogens is 2. The maximum absolute atomic E-state index is 6.21. The quantitative estimate of drug-likeness (QED) is 0.933. The standard InChI is InChI=1S/C13H15Cl2N3/c1-9-17-7-11(6-16-2)18(9)8-10-4-3-5-12(14)13(10)15/h3-5,7,16H,6,8H2,1-2H3. The number of aromatic nitrogens is 2. The zero-order chi connectivity index (χ0) is 13.1. The first-order valence-corrected chi connectivity index (χ1v) is 6.47. The molecule has 2 rings (SSSR count). The van der Waals surface area contributed by atoms with E-state index in [1.165, 1.54) is 0 Å². The van der Waals surface area contributed by atoms with Gasteiger partial charge in [-0.3, -0.25) is 0 Å². The second-order valence-corrected chi connectivity index (χ2v) is 4.91. The fourth-order valence-electron chi connectivity index (χ4n) is 1.89. The molecule has 0 bridgehead atoms. The van der Waals surface area contributed by atoms with Crippen molar-refractivity contribution in [3.8, 4) is 0 Å². The van der Waals surface area contributed by atoms with Crippen LogP contribution in [0.3, 0.4) is 0 Å². The van der Waals surface area contributed by atoms with E-state index in [-0.39, 0.29) is 0 Å². The van der Waals surface area contributed by atoms with Crippen LogP contribution in [0, 0.1) is 6.92 Å². The van der Waals surface area contributed by atoms with Crippen LogP contribution in [-0.4, -0.2) is 16.6 Å². The molecule has 0 radical (unpaired) electrons. The molecule has 1 N–H and O–H groups in total. The van der Waals surface area contributed by atoms with Gasteiger partial charge in [-0.25, -0.2) is 4.98 Å². The van der Waals surface area contributed by atoms with Gasteiger partial charge in [0.25, 0.3) is 0 Å². The van der Waals surface area contributed by atoms with Crippen LogP contribution in [0.4, 0.5) is 0 Å². The number of hydrogen-bond acceptors (Lipinski definition) is 2. The van der Waals surface area contributed by atoms with Crippen molar-refractivity contribution >= 4 is 23.2 Å². The summed E-state index contributed by atoms with van der Waals surface area (Å²) in [6, 6.07) is 5.69. The van der Waals surface area contributed by atoms with Gasteiger partial charge in [0.2, 0.25) is 0 Å². The molecule has 0 saturated carbocycles. The average molecular weight is 284 g/mol. The lowest BCUT2D eigenvalue weighted by molar-refractivity contribution is 0.676. The number of hydrogen-bond donors (Lipinski definition) is 1. The third kappa shape index (κ3) is 2.69. The Morgan fingerprint density at radius 1 is 1.33 bits per heavy atom. The van der Waals surface area contributed by atoms with Gasteiger partial charge in [-0.1, -0.05) is 35.3 Å². The number of rotatable bonds is 4. The minimum Gasteiger partial charge on any atom is -0.327 e. The molecule has 1 aromatic carbocycles. The van der Waals surface area contributed by atoms with E-state index in [1.54, 1.807) is 6.07 Å². The van der Waals surface area contributed by atoms with E-state index in [1.807, 2.05) is 32.3 Å². The van der Waals surface area contributed by atoms with Gasteiger partial charge in [0.1, 0.15) is 5.82 Å². The van der Waals surface area contributed by atoms with E-state index >= 15 is 0 Å². The molecule has 1 heterocycles. The average Bonchev–Trinajstić information content (AvgIpc) is 2.68. The summed E-state index contributed by atoms with van der Waals surface area (Å²) >= 11 is 12.2. The molecule has 0 saturated heterocycles. The molecule has 0 aliphatic rings. The minimum absolute atomic E-state index is 0.585. The van der Waals surface area contributed by atoms with Gasteiger partial charge < -0.3 is 9.88 Å². The van der Waals surface area contributed by atoms with E-state index in [2.05, 4.69) is 14.9 Å². The van der Waals surface area contributed by atoms with Crippen LogP contribution in [0.15, 0.2) is 24.4 Å². The van der Waals surface area contributed by atoms with E-state index in [0.717, 1.165) is 23.6 Å². The smallest absolute Gasteiger partial charge is 0.106 e. The molecule has 0 amide bonds. The molecule has 0 spiro atoms. The zero-order valence-electron chi connectivity index (χ0n) is 10.4. The monoisotopic (exact) mass is 283 g/mol. The highest BCUT2D eigenvalue weighted by Crippen LogP contribution is 2.26. The molecule has 0 fully saturated rings. The SMILES string of the molecule is CNCc1cnc(C)n1Cc1cccc(Cl)c1Cl. The molecular weight excluding hydrogens is 269 g/mol. The summed E-state index contributed by atoms with van der Waals surface area (Å²) in [6.07, 6.45) is 1.88. The van der Waals surface area contributed by atoms with Crippen LogP contribution in [0.2, 0.25) is 10.0 Å². The Kier molecular flexibility index (Phi) is 4.27. The first-order valence-electron chi connectivity index (χ1n) is 5.72. The summed E-state index contributed by atoms with van der Waals surface area (Å²) in [7, 11) is 1.92. The van der Waals surface area contributed by atoms with Gasteiger partial charge in [-0.2, -0.15) is 0 Å². The summed E-state index contributed by atoms with van der Waals surface area (Å²) in [5, 5.41) is 4.33. The predicted octanol–water partition coefficient (Wildman–Crippen LogP) is 3.27. The molecule has 2 aromatic rings. The van der Waals surface area contributed by atoms with Crippen LogP contribution >= 0.6 is 23.2 Å². The molecule has 5 heteroatoms. The molecule has 0 aliphatic heterocycles. The first kappa shape index (κ1) is 13.4. The van der Waals surface area contributed by atoms with Crippen molar-refractivity contribution in [1.29, 1.82) is 0 Å². The van der Waals surface area contributed by atoms with Crippen molar-refractivity contribution in [3.05, 3.63) is 51.5 Å². The van der Waals surface area contributed by atoms with Crippen molar-refractivity contribution < 1.29 is 0 Å². The maximum atomic E-state index is 6.21. The number of aryl methyl sites for hydroxylation is 1. The van der Waals surface area contributed by atoms with Gasteiger partial charge in [-0.15, -0.1) is 0 Å². The number of benzene rings is 1. The van der Waals surface area contributed by atoms with Crippen molar-refractivity contribution in [3.63, 3.8) is 0 Å².